The number of carbonyl (C=O) groups is 1. The molecule has 0 spiro atoms. The quantitative estimate of drug-likeness (QED) is 0.764. The lowest BCUT2D eigenvalue weighted by molar-refractivity contribution is 0.0946. The van der Waals surface area contributed by atoms with Crippen molar-refractivity contribution in [2.75, 3.05) is 26.1 Å². The summed E-state index contributed by atoms with van der Waals surface area (Å²) < 4.78 is 10.5. The molecule has 3 rings (SSSR count). The average Bonchev–Trinajstić information content (AvgIpc) is 3.45. The van der Waals surface area contributed by atoms with Crippen LogP contribution in [0.15, 0.2) is 30.6 Å². The molecular formula is C18H22N4O3. The van der Waals surface area contributed by atoms with Gasteiger partial charge in [0.15, 0.2) is 11.5 Å². The van der Waals surface area contributed by atoms with E-state index in [-0.39, 0.29) is 5.91 Å². The van der Waals surface area contributed by atoms with Crippen molar-refractivity contribution >= 4 is 11.7 Å². The standard InChI is InChI=1S/C18H22N4O3/c1-24-15-6-3-12(9-16(15)25-2)7-8-19-17-10-14(20-11-21-17)18(23)22-13-4-5-13/h3,6,9-11,13H,4-5,7-8H2,1-2H3,(H,22,23)(H,19,20,21). The van der Waals surface area contributed by atoms with Gasteiger partial charge in [-0.25, -0.2) is 9.97 Å². The molecule has 0 bridgehead atoms. The van der Waals surface area contributed by atoms with E-state index < -0.39 is 0 Å². The smallest absolute Gasteiger partial charge is 0.270 e. The molecule has 1 aromatic carbocycles. The van der Waals surface area contributed by atoms with Crippen LogP contribution in [0.3, 0.4) is 0 Å². The number of nitrogens with zero attached hydrogens (tertiary/aromatic N) is 2. The molecule has 0 radical (unpaired) electrons. The van der Waals surface area contributed by atoms with Crippen molar-refractivity contribution in [3.8, 4) is 11.5 Å². The number of rotatable bonds is 8. The van der Waals surface area contributed by atoms with E-state index in [0.29, 0.717) is 35.6 Å². The van der Waals surface area contributed by atoms with Crippen LogP contribution in [0.2, 0.25) is 0 Å². The Bertz CT molecular complexity index is 747. The molecule has 1 fully saturated rings. The highest BCUT2D eigenvalue weighted by atomic mass is 16.5. The van der Waals surface area contributed by atoms with Crippen LogP contribution < -0.4 is 20.1 Å². The first kappa shape index (κ1) is 17.0. The molecule has 1 saturated carbocycles. The van der Waals surface area contributed by atoms with Crippen LogP contribution in [0.1, 0.15) is 28.9 Å². The van der Waals surface area contributed by atoms with Crippen LogP contribution in [0.5, 0.6) is 11.5 Å². The molecule has 0 atom stereocenters. The molecule has 2 N–H and O–H groups in total. The Kier molecular flexibility index (Phi) is 5.33. The number of nitrogens with one attached hydrogen (secondary N) is 2. The van der Waals surface area contributed by atoms with Crippen molar-refractivity contribution in [1.82, 2.24) is 15.3 Å². The van der Waals surface area contributed by atoms with Gasteiger partial charge in [-0.2, -0.15) is 0 Å². The number of ether oxygens (including phenoxy) is 2. The molecule has 1 heterocycles. The zero-order valence-corrected chi connectivity index (χ0v) is 14.4. The van der Waals surface area contributed by atoms with Crippen molar-refractivity contribution in [2.24, 2.45) is 0 Å². The molecule has 7 heteroatoms. The van der Waals surface area contributed by atoms with Gasteiger partial charge in [-0.15, -0.1) is 0 Å². The molecule has 0 aliphatic heterocycles. The number of hydrogen-bond donors (Lipinski definition) is 2. The molecule has 25 heavy (non-hydrogen) atoms. The second-order valence-electron chi connectivity index (χ2n) is 5.90. The molecule has 1 aliphatic rings. The van der Waals surface area contributed by atoms with E-state index in [9.17, 15) is 4.79 Å². The summed E-state index contributed by atoms with van der Waals surface area (Å²) in [6.45, 7) is 0.677. The maximum absolute atomic E-state index is 12.0. The summed E-state index contributed by atoms with van der Waals surface area (Å²) >= 11 is 0. The van der Waals surface area contributed by atoms with Crippen LogP contribution in [0.4, 0.5) is 5.82 Å². The number of methoxy groups -OCH3 is 2. The largest absolute Gasteiger partial charge is 0.493 e. The van der Waals surface area contributed by atoms with E-state index >= 15 is 0 Å². The van der Waals surface area contributed by atoms with Gasteiger partial charge in [0.05, 0.1) is 14.2 Å². The van der Waals surface area contributed by atoms with Crippen LogP contribution >= 0.6 is 0 Å². The van der Waals surface area contributed by atoms with Crippen LogP contribution in [0.25, 0.3) is 0 Å². The number of carbonyl (C=O) groups excluding carboxylic acids is 1. The van der Waals surface area contributed by atoms with Gasteiger partial charge in [0, 0.05) is 18.7 Å². The Balaban J connectivity index is 1.55. The van der Waals surface area contributed by atoms with E-state index in [1.807, 2.05) is 18.2 Å². The summed E-state index contributed by atoms with van der Waals surface area (Å²) in [4.78, 5) is 20.2. The molecule has 7 nitrogen and oxygen atoms in total. The molecule has 132 valence electrons. The minimum atomic E-state index is -0.146. The normalized spacial score (nSPS) is 13.2. The predicted molar refractivity (Wildman–Crippen MR) is 94.3 cm³/mol. The highest BCUT2D eigenvalue weighted by Gasteiger charge is 2.24. The van der Waals surface area contributed by atoms with Gasteiger partial charge >= 0.3 is 0 Å². The summed E-state index contributed by atoms with van der Waals surface area (Å²) in [5.41, 5.74) is 1.50. The number of benzene rings is 1. The van der Waals surface area contributed by atoms with Crippen molar-refractivity contribution in [1.29, 1.82) is 0 Å². The number of anilines is 1. The fraction of sp³-hybridized carbons (Fsp3) is 0.389. The first-order chi connectivity index (χ1) is 12.2. The summed E-state index contributed by atoms with van der Waals surface area (Å²) in [6, 6.07) is 7.82. The fourth-order valence-corrected chi connectivity index (χ4v) is 2.44. The maximum atomic E-state index is 12.0. The summed E-state index contributed by atoms with van der Waals surface area (Å²) in [5.74, 6) is 1.91. The van der Waals surface area contributed by atoms with E-state index in [1.165, 1.54) is 6.33 Å². The SMILES string of the molecule is COc1ccc(CCNc2cc(C(=O)NC3CC3)ncn2)cc1OC. The first-order valence-corrected chi connectivity index (χ1v) is 8.27. The van der Waals surface area contributed by atoms with E-state index in [0.717, 1.165) is 24.8 Å². The minimum Gasteiger partial charge on any atom is -0.493 e. The average molecular weight is 342 g/mol. The lowest BCUT2D eigenvalue weighted by Crippen LogP contribution is -2.26. The summed E-state index contributed by atoms with van der Waals surface area (Å²) in [6.07, 6.45) is 4.29. The maximum Gasteiger partial charge on any atom is 0.270 e. The number of amides is 1. The van der Waals surface area contributed by atoms with Gasteiger partial charge < -0.3 is 20.1 Å². The Morgan fingerprint density at radius 2 is 1.96 bits per heavy atom. The van der Waals surface area contributed by atoms with E-state index in [2.05, 4.69) is 20.6 Å². The van der Waals surface area contributed by atoms with Gasteiger partial charge in [0.25, 0.3) is 5.91 Å². The third-order valence-electron chi connectivity index (χ3n) is 3.98. The monoisotopic (exact) mass is 342 g/mol. The van der Waals surface area contributed by atoms with Crippen molar-refractivity contribution in [2.45, 2.75) is 25.3 Å². The Morgan fingerprint density at radius 1 is 1.16 bits per heavy atom. The Hall–Kier alpha value is -2.83. The molecule has 0 unspecified atom stereocenters. The molecule has 1 aliphatic carbocycles. The Morgan fingerprint density at radius 3 is 2.68 bits per heavy atom. The fourth-order valence-electron chi connectivity index (χ4n) is 2.44. The van der Waals surface area contributed by atoms with Gasteiger partial charge in [-0.3, -0.25) is 4.79 Å². The third kappa shape index (κ3) is 4.59. The van der Waals surface area contributed by atoms with Crippen molar-refractivity contribution in [3.05, 3.63) is 41.9 Å². The molecular weight excluding hydrogens is 320 g/mol. The molecule has 1 amide bonds. The second kappa shape index (κ2) is 7.83. The number of aromatic nitrogens is 2. The van der Waals surface area contributed by atoms with Crippen LogP contribution in [0, 0.1) is 0 Å². The van der Waals surface area contributed by atoms with Gasteiger partial charge in [0.1, 0.15) is 17.8 Å². The topological polar surface area (TPSA) is 85.4 Å². The van der Waals surface area contributed by atoms with Gasteiger partial charge in [-0.1, -0.05) is 6.07 Å². The Labute approximate surface area is 146 Å². The van der Waals surface area contributed by atoms with Crippen molar-refractivity contribution in [3.63, 3.8) is 0 Å². The predicted octanol–water partition coefficient (Wildman–Crippen LogP) is 2.04. The molecule has 2 aromatic rings. The highest BCUT2D eigenvalue weighted by molar-refractivity contribution is 5.93. The molecule has 0 saturated heterocycles. The lowest BCUT2D eigenvalue weighted by atomic mass is 10.1. The molecule has 1 aromatic heterocycles. The van der Waals surface area contributed by atoms with Gasteiger partial charge in [0.2, 0.25) is 0 Å². The highest BCUT2D eigenvalue weighted by Crippen LogP contribution is 2.27. The first-order valence-electron chi connectivity index (χ1n) is 8.27. The van der Waals surface area contributed by atoms with Crippen molar-refractivity contribution < 1.29 is 14.3 Å². The minimum absolute atomic E-state index is 0.146. The number of hydrogen-bond acceptors (Lipinski definition) is 6. The van der Waals surface area contributed by atoms with Gasteiger partial charge in [-0.05, 0) is 37.0 Å². The third-order valence-corrected chi connectivity index (χ3v) is 3.98. The van der Waals surface area contributed by atoms with E-state index in [1.54, 1.807) is 20.3 Å². The van der Waals surface area contributed by atoms with Crippen LogP contribution in [-0.4, -0.2) is 42.7 Å². The summed E-state index contributed by atoms with van der Waals surface area (Å²) in [7, 11) is 3.24. The zero-order valence-electron chi connectivity index (χ0n) is 14.4. The van der Waals surface area contributed by atoms with Crippen LogP contribution in [-0.2, 0) is 6.42 Å². The van der Waals surface area contributed by atoms with E-state index in [4.69, 9.17) is 9.47 Å². The zero-order chi connectivity index (χ0) is 17.6. The summed E-state index contributed by atoms with van der Waals surface area (Å²) in [5, 5.41) is 6.14. The second-order valence-corrected chi connectivity index (χ2v) is 5.90. The lowest BCUT2D eigenvalue weighted by Gasteiger charge is -2.10.